The highest BCUT2D eigenvalue weighted by Gasteiger charge is 2.33. The molecule has 4 N–H and O–H groups in total. The first-order chi connectivity index (χ1) is 10.3. The molecule has 2 aliphatic heterocycles. The molecule has 2 heterocycles. The number of carbonyl (C=O) groups excluding carboxylic acids is 1. The number of carbonyl (C=O) groups is 1. The molecule has 4 rings (SSSR count). The van der Waals surface area contributed by atoms with Crippen molar-refractivity contribution in [3.63, 3.8) is 0 Å². The van der Waals surface area contributed by atoms with E-state index in [-0.39, 0.29) is 5.91 Å². The lowest BCUT2D eigenvalue weighted by atomic mass is 10.0. The Bertz CT molecular complexity index is 836. The molecule has 0 bridgehead atoms. The maximum Gasteiger partial charge on any atom is 0.258 e. The molecule has 0 saturated carbocycles. The van der Waals surface area contributed by atoms with Gasteiger partial charge in [0.2, 0.25) is 0 Å². The summed E-state index contributed by atoms with van der Waals surface area (Å²) in [5.74, 6) is 5.41. The van der Waals surface area contributed by atoms with E-state index in [1.165, 1.54) is 0 Å². The molecule has 2 aromatic rings. The van der Waals surface area contributed by atoms with Crippen LogP contribution in [0.15, 0.2) is 59.3 Å². The molecular formula is C16H12N4O. The fraction of sp³-hybridized carbons (Fsp3) is 0. The molecule has 0 spiro atoms. The van der Waals surface area contributed by atoms with Crippen molar-refractivity contribution in [3.05, 3.63) is 65.4 Å². The Morgan fingerprint density at radius 3 is 2.19 bits per heavy atom. The van der Waals surface area contributed by atoms with Crippen LogP contribution in [0.2, 0.25) is 0 Å². The molecule has 1 amide bonds. The fourth-order valence-electron chi connectivity index (χ4n) is 2.81. The van der Waals surface area contributed by atoms with E-state index in [2.05, 4.69) is 15.7 Å². The Morgan fingerprint density at radius 1 is 0.857 bits per heavy atom. The summed E-state index contributed by atoms with van der Waals surface area (Å²) in [6, 6.07) is 15.3. The van der Waals surface area contributed by atoms with Crippen LogP contribution in [0, 0.1) is 0 Å². The van der Waals surface area contributed by atoms with Crippen LogP contribution < -0.4 is 16.5 Å². The molecule has 0 aromatic heterocycles. The summed E-state index contributed by atoms with van der Waals surface area (Å²) in [5.41, 5.74) is 5.30. The summed E-state index contributed by atoms with van der Waals surface area (Å²) >= 11 is 0. The summed E-state index contributed by atoms with van der Waals surface area (Å²) in [6.07, 6.45) is 0. The lowest BCUT2D eigenvalue weighted by Gasteiger charge is -2.05. The van der Waals surface area contributed by atoms with Gasteiger partial charge in [-0.1, -0.05) is 36.4 Å². The van der Waals surface area contributed by atoms with Gasteiger partial charge in [-0.25, -0.2) is 0 Å². The van der Waals surface area contributed by atoms with Crippen LogP contribution in [0.5, 0.6) is 0 Å². The average molecular weight is 276 g/mol. The van der Waals surface area contributed by atoms with E-state index in [4.69, 9.17) is 5.84 Å². The lowest BCUT2D eigenvalue weighted by Crippen LogP contribution is -2.13. The van der Waals surface area contributed by atoms with Crippen LogP contribution in [0.1, 0.15) is 11.1 Å². The maximum absolute atomic E-state index is 12.3. The molecule has 2 aliphatic rings. The monoisotopic (exact) mass is 276 g/mol. The molecule has 21 heavy (non-hydrogen) atoms. The van der Waals surface area contributed by atoms with Crippen molar-refractivity contribution in [2.45, 2.75) is 0 Å². The van der Waals surface area contributed by atoms with Crippen LogP contribution >= 0.6 is 0 Å². The molecular weight excluding hydrogens is 264 g/mol. The van der Waals surface area contributed by atoms with E-state index in [0.717, 1.165) is 22.5 Å². The van der Waals surface area contributed by atoms with Gasteiger partial charge >= 0.3 is 0 Å². The number of amides is 1. The SMILES string of the molecule is N/N=C1\C(=C2\C(=O)Nc3ccccc32)Nc2ccccc21. The van der Waals surface area contributed by atoms with E-state index in [0.29, 0.717) is 17.0 Å². The maximum atomic E-state index is 12.3. The van der Waals surface area contributed by atoms with Gasteiger partial charge in [0.25, 0.3) is 5.91 Å². The minimum Gasteiger partial charge on any atom is -0.352 e. The van der Waals surface area contributed by atoms with Crippen molar-refractivity contribution < 1.29 is 4.79 Å². The fourth-order valence-corrected chi connectivity index (χ4v) is 2.81. The first-order valence-corrected chi connectivity index (χ1v) is 6.59. The number of nitrogens with zero attached hydrogens (tertiary/aromatic N) is 1. The summed E-state index contributed by atoms with van der Waals surface area (Å²) in [7, 11) is 0. The second kappa shape index (κ2) is 4.21. The molecule has 2 aromatic carbocycles. The van der Waals surface area contributed by atoms with Gasteiger partial charge in [-0.3, -0.25) is 4.79 Å². The lowest BCUT2D eigenvalue weighted by molar-refractivity contribution is -0.110. The van der Waals surface area contributed by atoms with Crippen LogP contribution in [0.3, 0.4) is 0 Å². The standard InChI is InChI=1S/C16H12N4O/c17-20-14-10-6-2-4-8-12(10)18-15(14)13-9-5-1-3-7-11(9)19-16(13)21/h1-8,18H,17H2,(H,19,21)/b15-13-,20-14-. The van der Waals surface area contributed by atoms with Crippen LogP contribution in [-0.4, -0.2) is 11.6 Å². The first kappa shape index (κ1) is 11.7. The minimum absolute atomic E-state index is 0.146. The summed E-state index contributed by atoms with van der Waals surface area (Å²) in [4.78, 5) is 12.3. The largest absolute Gasteiger partial charge is 0.352 e. The van der Waals surface area contributed by atoms with Gasteiger partial charge in [-0.05, 0) is 12.1 Å². The minimum atomic E-state index is -0.146. The molecule has 0 fully saturated rings. The molecule has 0 atom stereocenters. The number of nitrogens with one attached hydrogen (secondary N) is 2. The van der Waals surface area contributed by atoms with Crippen molar-refractivity contribution in [1.82, 2.24) is 0 Å². The molecule has 5 nitrogen and oxygen atoms in total. The highest BCUT2D eigenvalue weighted by atomic mass is 16.2. The third-order valence-electron chi connectivity index (χ3n) is 3.73. The van der Waals surface area contributed by atoms with E-state index in [1.807, 2.05) is 48.5 Å². The van der Waals surface area contributed by atoms with Crippen LogP contribution in [0.4, 0.5) is 11.4 Å². The van der Waals surface area contributed by atoms with Crippen LogP contribution in [0.25, 0.3) is 5.57 Å². The van der Waals surface area contributed by atoms with Crippen molar-refractivity contribution >= 4 is 28.6 Å². The number of hydrazone groups is 1. The number of hydrogen-bond acceptors (Lipinski definition) is 4. The smallest absolute Gasteiger partial charge is 0.258 e. The Balaban J connectivity index is 1.97. The summed E-state index contributed by atoms with van der Waals surface area (Å²) < 4.78 is 0. The third kappa shape index (κ3) is 1.57. The topological polar surface area (TPSA) is 79.5 Å². The number of allylic oxidation sites excluding steroid dienone is 1. The van der Waals surface area contributed by atoms with Gasteiger partial charge in [0.05, 0.1) is 11.3 Å². The van der Waals surface area contributed by atoms with Gasteiger partial charge in [0.1, 0.15) is 5.71 Å². The predicted molar refractivity (Wildman–Crippen MR) is 82.8 cm³/mol. The zero-order chi connectivity index (χ0) is 14.4. The van der Waals surface area contributed by atoms with Crippen molar-refractivity contribution in [1.29, 1.82) is 0 Å². The number of nitrogens with two attached hydrogens (primary N) is 1. The van der Waals surface area contributed by atoms with E-state index in [1.54, 1.807) is 0 Å². The first-order valence-electron chi connectivity index (χ1n) is 6.59. The number of anilines is 2. The Hall–Kier alpha value is -3.08. The normalized spacial score (nSPS) is 21.0. The van der Waals surface area contributed by atoms with Crippen LogP contribution in [-0.2, 0) is 4.79 Å². The number of rotatable bonds is 0. The Kier molecular flexibility index (Phi) is 2.35. The number of benzene rings is 2. The molecule has 0 saturated heterocycles. The average Bonchev–Trinajstić information content (AvgIpc) is 3.02. The van der Waals surface area contributed by atoms with Crippen molar-refractivity contribution in [2.24, 2.45) is 10.9 Å². The van der Waals surface area contributed by atoms with Gasteiger partial charge in [-0.15, -0.1) is 0 Å². The highest BCUT2D eigenvalue weighted by Crippen LogP contribution is 2.38. The van der Waals surface area contributed by atoms with E-state index < -0.39 is 0 Å². The van der Waals surface area contributed by atoms with E-state index in [9.17, 15) is 4.79 Å². The number of para-hydroxylation sites is 2. The predicted octanol–water partition coefficient (Wildman–Crippen LogP) is 2.14. The number of hydrogen-bond donors (Lipinski definition) is 3. The molecule has 0 unspecified atom stereocenters. The third-order valence-corrected chi connectivity index (χ3v) is 3.73. The zero-order valence-electron chi connectivity index (χ0n) is 11.1. The zero-order valence-corrected chi connectivity index (χ0v) is 11.1. The number of fused-ring (bicyclic) bond motifs is 2. The second-order valence-corrected chi connectivity index (χ2v) is 4.90. The molecule has 5 heteroatoms. The molecule has 0 radical (unpaired) electrons. The second-order valence-electron chi connectivity index (χ2n) is 4.90. The Labute approximate surface area is 121 Å². The quantitative estimate of drug-likeness (QED) is 0.392. The van der Waals surface area contributed by atoms with Gasteiger partial charge in [-0.2, -0.15) is 5.10 Å². The van der Waals surface area contributed by atoms with Crippen molar-refractivity contribution in [3.8, 4) is 0 Å². The summed E-state index contributed by atoms with van der Waals surface area (Å²) in [5, 5.41) is 10.00. The Morgan fingerprint density at radius 2 is 1.48 bits per heavy atom. The van der Waals surface area contributed by atoms with Crippen molar-refractivity contribution in [2.75, 3.05) is 10.6 Å². The van der Waals surface area contributed by atoms with Gasteiger partial charge in [0.15, 0.2) is 0 Å². The molecule has 0 aliphatic carbocycles. The van der Waals surface area contributed by atoms with Gasteiger partial charge in [0, 0.05) is 22.5 Å². The van der Waals surface area contributed by atoms with E-state index >= 15 is 0 Å². The summed E-state index contributed by atoms with van der Waals surface area (Å²) in [6.45, 7) is 0. The highest BCUT2D eigenvalue weighted by molar-refractivity contribution is 6.39. The molecule has 102 valence electrons. The van der Waals surface area contributed by atoms with Gasteiger partial charge < -0.3 is 16.5 Å².